The molecule has 0 radical (unpaired) electrons. The maximum Gasteiger partial charge on any atom is 0.417 e. The lowest BCUT2D eigenvalue weighted by Crippen LogP contribution is -2.31. The van der Waals surface area contributed by atoms with Gasteiger partial charge < -0.3 is 4.74 Å². The summed E-state index contributed by atoms with van der Waals surface area (Å²) in [5.74, 6) is -2.70. The van der Waals surface area contributed by atoms with Crippen molar-refractivity contribution in [2.75, 3.05) is 11.5 Å². The van der Waals surface area contributed by atoms with Crippen LogP contribution in [0.15, 0.2) is 90.0 Å². The van der Waals surface area contributed by atoms with Crippen LogP contribution in [0.25, 0.3) is 11.3 Å². The first kappa shape index (κ1) is 31.4. The van der Waals surface area contributed by atoms with E-state index in [4.69, 9.17) is 16.3 Å². The summed E-state index contributed by atoms with van der Waals surface area (Å²) >= 11 is 6.60. The largest absolute Gasteiger partial charge is 0.454 e. The number of thioether (sulfide) groups is 1. The van der Waals surface area contributed by atoms with E-state index < -0.39 is 52.7 Å². The molecule has 1 aromatic heterocycles. The van der Waals surface area contributed by atoms with Crippen molar-refractivity contribution < 1.29 is 37.1 Å². The van der Waals surface area contributed by atoms with E-state index in [1.165, 1.54) is 36.4 Å². The van der Waals surface area contributed by atoms with E-state index in [2.05, 4.69) is 4.98 Å². The minimum Gasteiger partial charge on any atom is -0.454 e. The predicted octanol–water partition coefficient (Wildman–Crippen LogP) is 6.76. The molecule has 8 nitrogen and oxygen atoms in total. The van der Waals surface area contributed by atoms with Crippen LogP contribution >= 0.6 is 23.4 Å². The zero-order valence-electron chi connectivity index (χ0n) is 22.9. The number of pyridine rings is 1. The molecule has 3 aromatic carbocycles. The summed E-state index contributed by atoms with van der Waals surface area (Å²) in [5.41, 5.74) is -1.28. The highest BCUT2D eigenvalue weighted by atomic mass is 35.5. The number of nitrogens with zero attached hydrogens (tertiary/aromatic N) is 3. The molecule has 2 heterocycles. The fourth-order valence-electron chi connectivity index (χ4n) is 4.52. The van der Waals surface area contributed by atoms with Gasteiger partial charge in [0.1, 0.15) is 11.1 Å². The number of nitriles is 1. The Kier molecular flexibility index (Phi) is 9.04. The van der Waals surface area contributed by atoms with Crippen LogP contribution < -0.4 is 4.90 Å². The number of halogens is 4. The summed E-state index contributed by atoms with van der Waals surface area (Å²) in [6.45, 7) is -0.563. The fraction of sp³-hybridized carbons (Fsp3) is 0.125. The highest BCUT2D eigenvalue weighted by Gasteiger charge is 2.42. The minimum atomic E-state index is -4.88. The van der Waals surface area contributed by atoms with Crippen molar-refractivity contribution >= 4 is 52.6 Å². The van der Waals surface area contributed by atoms with Crippen molar-refractivity contribution in [3.05, 3.63) is 112 Å². The molecule has 226 valence electrons. The zero-order valence-corrected chi connectivity index (χ0v) is 24.4. The molecule has 0 spiro atoms. The van der Waals surface area contributed by atoms with Crippen LogP contribution in [0.4, 0.5) is 18.9 Å². The first-order chi connectivity index (χ1) is 21.5. The molecule has 0 saturated carbocycles. The van der Waals surface area contributed by atoms with Gasteiger partial charge in [-0.15, -0.1) is 0 Å². The highest BCUT2D eigenvalue weighted by molar-refractivity contribution is 8.00. The molecule has 1 aliphatic heterocycles. The normalized spacial score (nSPS) is 14.7. The molecular formula is C32H19ClF3N3O5S. The summed E-state index contributed by atoms with van der Waals surface area (Å²) in [4.78, 5) is 56.2. The number of alkyl halides is 3. The number of anilines is 1. The van der Waals surface area contributed by atoms with E-state index in [-0.39, 0.29) is 39.0 Å². The van der Waals surface area contributed by atoms with Crippen molar-refractivity contribution in [3.8, 4) is 17.3 Å². The minimum absolute atomic E-state index is 0.0380. The van der Waals surface area contributed by atoms with Gasteiger partial charge in [0.25, 0.3) is 0 Å². The van der Waals surface area contributed by atoms with Gasteiger partial charge in [0.15, 0.2) is 6.61 Å². The third-order valence-electron chi connectivity index (χ3n) is 6.70. The Morgan fingerprint density at radius 2 is 1.69 bits per heavy atom. The molecule has 45 heavy (non-hydrogen) atoms. The van der Waals surface area contributed by atoms with Crippen molar-refractivity contribution in [2.45, 2.75) is 22.9 Å². The monoisotopic (exact) mass is 649 g/mol. The smallest absolute Gasteiger partial charge is 0.417 e. The number of rotatable bonds is 8. The number of hydrogen-bond donors (Lipinski definition) is 0. The first-order valence-electron chi connectivity index (χ1n) is 13.1. The fourth-order valence-corrected chi connectivity index (χ4v) is 5.89. The third kappa shape index (κ3) is 6.74. The molecule has 5 rings (SSSR count). The van der Waals surface area contributed by atoms with Crippen molar-refractivity contribution in [2.24, 2.45) is 0 Å². The number of esters is 1. The van der Waals surface area contributed by atoms with E-state index in [0.29, 0.717) is 17.3 Å². The Morgan fingerprint density at radius 3 is 2.33 bits per heavy atom. The van der Waals surface area contributed by atoms with Crippen LogP contribution in [0, 0.1) is 11.3 Å². The number of carbonyl (C=O) groups excluding carboxylic acids is 4. The van der Waals surface area contributed by atoms with Gasteiger partial charge in [-0.25, -0.2) is 14.7 Å². The molecule has 0 aliphatic carbocycles. The van der Waals surface area contributed by atoms with Crippen LogP contribution in [-0.2, 0) is 20.5 Å². The molecule has 4 aromatic rings. The maximum absolute atomic E-state index is 13.9. The van der Waals surface area contributed by atoms with E-state index in [1.807, 2.05) is 0 Å². The predicted molar refractivity (Wildman–Crippen MR) is 159 cm³/mol. The van der Waals surface area contributed by atoms with Crippen LogP contribution in [0.3, 0.4) is 0 Å². The Morgan fingerprint density at radius 1 is 1.02 bits per heavy atom. The number of hydrogen-bond acceptors (Lipinski definition) is 8. The van der Waals surface area contributed by atoms with Gasteiger partial charge in [0, 0.05) is 17.5 Å². The Hall–Kier alpha value is -4.99. The summed E-state index contributed by atoms with van der Waals surface area (Å²) < 4.78 is 46.9. The van der Waals surface area contributed by atoms with E-state index in [9.17, 15) is 37.6 Å². The van der Waals surface area contributed by atoms with Crippen molar-refractivity contribution in [3.63, 3.8) is 0 Å². The molecule has 1 atom stereocenters. The number of benzene rings is 3. The summed E-state index contributed by atoms with van der Waals surface area (Å²) in [6, 6.07) is 21.9. The number of amides is 2. The van der Waals surface area contributed by atoms with Gasteiger partial charge in [0.2, 0.25) is 17.6 Å². The molecule has 1 aliphatic rings. The zero-order chi connectivity index (χ0) is 32.3. The van der Waals surface area contributed by atoms with Crippen molar-refractivity contribution in [1.29, 1.82) is 5.26 Å². The standard InChI is InChI=1S/C32H19ClF3N3O5S/c33-24-9-5-4-8-21(24)26(40)17-44-31(43)19-10-12-20(13-11-19)39-28(41)15-27(30(39)42)45-29-22(16-37)23(32(34,35)36)14-25(38-29)18-6-2-1-3-7-18/h1-14,27H,15,17H2. The Bertz CT molecular complexity index is 1860. The molecule has 0 N–H and O–H groups in total. The van der Waals surface area contributed by atoms with Gasteiger partial charge in [-0.1, -0.05) is 65.8 Å². The summed E-state index contributed by atoms with van der Waals surface area (Å²) in [5, 5.41) is 8.35. The number of ether oxygens (including phenoxy) is 1. The second-order valence-electron chi connectivity index (χ2n) is 9.61. The molecule has 0 bridgehead atoms. The number of carbonyl (C=O) groups is 4. The first-order valence-corrected chi connectivity index (χ1v) is 14.4. The topological polar surface area (TPSA) is 117 Å². The SMILES string of the molecule is N#Cc1c(C(F)(F)F)cc(-c2ccccc2)nc1SC1CC(=O)N(c2ccc(C(=O)OCC(=O)c3ccccc3Cl)cc2)C1=O. The lowest BCUT2D eigenvalue weighted by molar-refractivity contribution is -0.138. The molecule has 1 saturated heterocycles. The maximum atomic E-state index is 13.9. The lowest BCUT2D eigenvalue weighted by Gasteiger charge is -2.17. The van der Waals surface area contributed by atoms with Crippen LogP contribution in [0.5, 0.6) is 0 Å². The molecular weight excluding hydrogens is 631 g/mol. The summed E-state index contributed by atoms with van der Waals surface area (Å²) in [6.07, 6.45) is -5.24. The molecule has 13 heteroatoms. The summed E-state index contributed by atoms with van der Waals surface area (Å²) in [7, 11) is 0. The molecule has 2 amide bonds. The van der Waals surface area contributed by atoms with Crippen LogP contribution in [0.2, 0.25) is 5.02 Å². The van der Waals surface area contributed by atoms with E-state index >= 15 is 0 Å². The number of aromatic nitrogens is 1. The second-order valence-corrected chi connectivity index (χ2v) is 11.2. The van der Waals surface area contributed by atoms with Gasteiger partial charge in [-0.3, -0.25) is 14.4 Å². The molecule has 1 unspecified atom stereocenters. The Labute approximate surface area is 263 Å². The van der Waals surface area contributed by atoms with Crippen LogP contribution in [-0.4, -0.2) is 40.4 Å². The number of imide groups is 1. The highest BCUT2D eigenvalue weighted by Crippen LogP contribution is 2.41. The molecule has 1 fully saturated rings. The Balaban J connectivity index is 1.33. The number of ketones is 1. The lowest BCUT2D eigenvalue weighted by atomic mass is 10.1. The van der Waals surface area contributed by atoms with Gasteiger partial charge in [0.05, 0.1) is 38.3 Å². The van der Waals surface area contributed by atoms with Gasteiger partial charge in [-0.2, -0.15) is 18.4 Å². The number of Topliss-reactive ketones (excluding diaryl/α,β-unsaturated/α-hetero) is 1. The third-order valence-corrected chi connectivity index (χ3v) is 8.20. The van der Waals surface area contributed by atoms with Gasteiger partial charge in [-0.05, 0) is 42.5 Å². The van der Waals surface area contributed by atoms with E-state index in [1.54, 1.807) is 48.5 Å². The quantitative estimate of drug-likeness (QED) is 0.117. The average molecular weight is 650 g/mol. The van der Waals surface area contributed by atoms with Crippen molar-refractivity contribution in [1.82, 2.24) is 4.98 Å². The van der Waals surface area contributed by atoms with Gasteiger partial charge >= 0.3 is 12.1 Å². The second kappa shape index (κ2) is 12.9. The van der Waals surface area contributed by atoms with E-state index in [0.717, 1.165) is 11.0 Å². The average Bonchev–Trinajstić information content (AvgIpc) is 3.31. The van der Waals surface area contributed by atoms with Crippen LogP contribution in [0.1, 0.15) is 38.3 Å².